The minimum Gasteiger partial charge on any atom is -0.469 e. The van der Waals surface area contributed by atoms with Gasteiger partial charge >= 0.3 is 5.97 Å². The first-order valence-electron chi connectivity index (χ1n) is 5.77. The standard InChI is InChI=1S/C13H16FNO2/c1-17-13(16)9-12(15-7-2-8-15)10-3-5-11(14)6-4-10/h3-6,12H,2,7-9H2,1H3/t12-/m1/s1. The molecule has 1 aromatic rings. The fraction of sp³-hybridized carbons (Fsp3) is 0.462. The summed E-state index contributed by atoms with van der Waals surface area (Å²) in [5.41, 5.74) is 0.969. The second-order valence-electron chi connectivity index (χ2n) is 4.24. The number of rotatable bonds is 4. The summed E-state index contributed by atoms with van der Waals surface area (Å²) in [4.78, 5) is 13.6. The van der Waals surface area contributed by atoms with Crippen LogP contribution in [-0.2, 0) is 9.53 Å². The highest BCUT2D eigenvalue weighted by molar-refractivity contribution is 5.70. The average molecular weight is 237 g/mol. The lowest BCUT2D eigenvalue weighted by atomic mass is 9.98. The molecule has 1 atom stereocenters. The van der Waals surface area contributed by atoms with Gasteiger partial charge < -0.3 is 4.74 Å². The second kappa shape index (κ2) is 5.27. The van der Waals surface area contributed by atoms with E-state index in [2.05, 4.69) is 4.90 Å². The van der Waals surface area contributed by atoms with Crippen molar-refractivity contribution < 1.29 is 13.9 Å². The van der Waals surface area contributed by atoms with E-state index in [1.807, 2.05) is 0 Å². The summed E-state index contributed by atoms with van der Waals surface area (Å²) in [6, 6.07) is 6.35. The Balaban J connectivity index is 2.14. The predicted octanol–water partition coefficient (Wildman–Crippen LogP) is 2.14. The molecular weight excluding hydrogens is 221 g/mol. The maximum Gasteiger partial charge on any atom is 0.307 e. The number of halogens is 1. The van der Waals surface area contributed by atoms with Gasteiger partial charge in [0.15, 0.2) is 0 Å². The molecule has 17 heavy (non-hydrogen) atoms. The molecule has 0 aromatic heterocycles. The Hall–Kier alpha value is -1.42. The van der Waals surface area contributed by atoms with Crippen LogP contribution in [0.1, 0.15) is 24.4 Å². The molecule has 92 valence electrons. The summed E-state index contributed by atoms with van der Waals surface area (Å²) in [6.07, 6.45) is 1.47. The van der Waals surface area contributed by atoms with Crippen molar-refractivity contribution in [3.05, 3.63) is 35.6 Å². The number of benzene rings is 1. The fourth-order valence-electron chi connectivity index (χ4n) is 2.04. The zero-order valence-electron chi connectivity index (χ0n) is 9.86. The molecule has 0 spiro atoms. The van der Waals surface area contributed by atoms with E-state index in [-0.39, 0.29) is 17.8 Å². The Bertz CT molecular complexity index is 387. The summed E-state index contributed by atoms with van der Waals surface area (Å²) in [5.74, 6) is -0.486. The van der Waals surface area contributed by atoms with Crippen LogP contribution in [0.25, 0.3) is 0 Å². The van der Waals surface area contributed by atoms with Gasteiger partial charge in [-0.25, -0.2) is 4.39 Å². The quantitative estimate of drug-likeness (QED) is 0.751. The largest absolute Gasteiger partial charge is 0.469 e. The number of carbonyl (C=O) groups is 1. The van der Waals surface area contributed by atoms with Gasteiger partial charge in [0.05, 0.1) is 13.5 Å². The summed E-state index contributed by atoms with van der Waals surface area (Å²) in [7, 11) is 1.39. The highest BCUT2D eigenvalue weighted by atomic mass is 19.1. The molecule has 0 saturated carbocycles. The molecule has 1 aliphatic rings. The molecule has 1 saturated heterocycles. The van der Waals surface area contributed by atoms with Gasteiger partial charge in [-0.3, -0.25) is 9.69 Å². The Morgan fingerprint density at radius 2 is 2.06 bits per heavy atom. The molecule has 0 bridgehead atoms. The molecule has 4 heteroatoms. The first kappa shape index (κ1) is 12.0. The van der Waals surface area contributed by atoms with E-state index < -0.39 is 0 Å². The van der Waals surface area contributed by atoms with Crippen LogP contribution < -0.4 is 0 Å². The van der Waals surface area contributed by atoms with E-state index >= 15 is 0 Å². The van der Waals surface area contributed by atoms with Crippen LogP contribution in [0.4, 0.5) is 4.39 Å². The van der Waals surface area contributed by atoms with E-state index in [0.717, 1.165) is 25.1 Å². The topological polar surface area (TPSA) is 29.5 Å². The van der Waals surface area contributed by atoms with Crippen LogP contribution in [-0.4, -0.2) is 31.1 Å². The number of ether oxygens (including phenoxy) is 1. The Labute approximate surface area is 100 Å². The minimum absolute atomic E-state index is 0.0109. The fourth-order valence-corrected chi connectivity index (χ4v) is 2.04. The van der Waals surface area contributed by atoms with Crippen LogP contribution in [0.2, 0.25) is 0 Å². The van der Waals surface area contributed by atoms with Crippen LogP contribution in [0, 0.1) is 5.82 Å². The van der Waals surface area contributed by atoms with Crippen LogP contribution in [0.5, 0.6) is 0 Å². The van der Waals surface area contributed by atoms with Gasteiger partial charge in [-0.2, -0.15) is 0 Å². The van der Waals surface area contributed by atoms with Crippen molar-refractivity contribution in [2.24, 2.45) is 0 Å². The van der Waals surface area contributed by atoms with Crippen molar-refractivity contribution in [3.63, 3.8) is 0 Å². The Morgan fingerprint density at radius 3 is 2.53 bits per heavy atom. The van der Waals surface area contributed by atoms with Crippen molar-refractivity contribution in [3.8, 4) is 0 Å². The van der Waals surface area contributed by atoms with Crippen LogP contribution >= 0.6 is 0 Å². The summed E-state index contributed by atoms with van der Waals surface area (Å²) >= 11 is 0. The zero-order chi connectivity index (χ0) is 12.3. The normalized spacial score (nSPS) is 17.3. The van der Waals surface area contributed by atoms with E-state index in [0.29, 0.717) is 6.42 Å². The summed E-state index contributed by atoms with van der Waals surface area (Å²) in [5, 5.41) is 0. The molecule has 1 fully saturated rings. The van der Waals surface area contributed by atoms with Gasteiger partial charge in [0.2, 0.25) is 0 Å². The van der Waals surface area contributed by atoms with E-state index in [4.69, 9.17) is 4.74 Å². The summed E-state index contributed by atoms with van der Waals surface area (Å²) in [6.45, 7) is 1.97. The van der Waals surface area contributed by atoms with Crippen molar-refractivity contribution in [1.82, 2.24) is 4.90 Å². The molecule has 0 radical (unpaired) electrons. The molecule has 2 rings (SSSR count). The zero-order valence-corrected chi connectivity index (χ0v) is 9.86. The lowest BCUT2D eigenvalue weighted by molar-refractivity contribution is -0.142. The molecule has 0 aliphatic carbocycles. The summed E-state index contributed by atoms with van der Waals surface area (Å²) < 4.78 is 17.6. The molecule has 0 N–H and O–H groups in total. The number of methoxy groups -OCH3 is 1. The van der Waals surface area contributed by atoms with Gasteiger partial charge in [-0.05, 0) is 37.2 Å². The molecule has 0 unspecified atom stereocenters. The van der Waals surface area contributed by atoms with Crippen molar-refractivity contribution in [2.45, 2.75) is 18.9 Å². The number of hydrogen-bond acceptors (Lipinski definition) is 3. The Kier molecular flexibility index (Phi) is 3.74. The van der Waals surface area contributed by atoms with E-state index in [9.17, 15) is 9.18 Å². The predicted molar refractivity (Wildman–Crippen MR) is 62.0 cm³/mol. The highest BCUT2D eigenvalue weighted by Crippen LogP contribution is 2.29. The van der Waals surface area contributed by atoms with E-state index in [1.54, 1.807) is 12.1 Å². The average Bonchev–Trinajstić information content (AvgIpc) is 2.26. The first-order chi connectivity index (χ1) is 8.20. The van der Waals surface area contributed by atoms with Crippen LogP contribution in [0.3, 0.4) is 0 Å². The molecular formula is C13H16FNO2. The number of nitrogens with zero attached hydrogens (tertiary/aromatic N) is 1. The molecule has 0 amide bonds. The SMILES string of the molecule is COC(=O)C[C@H](c1ccc(F)cc1)N1CCC1. The second-order valence-corrected chi connectivity index (χ2v) is 4.24. The van der Waals surface area contributed by atoms with Crippen LogP contribution in [0.15, 0.2) is 24.3 Å². The van der Waals surface area contributed by atoms with Gasteiger partial charge in [0, 0.05) is 6.04 Å². The van der Waals surface area contributed by atoms with Gasteiger partial charge in [-0.15, -0.1) is 0 Å². The first-order valence-corrected chi connectivity index (χ1v) is 5.77. The van der Waals surface area contributed by atoms with Crippen molar-refractivity contribution in [1.29, 1.82) is 0 Å². The molecule has 1 aliphatic heterocycles. The maximum absolute atomic E-state index is 12.9. The number of carbonyl (C=O) groups excluding carboxylic acids is 1. The Morgan fingerprint density at radius 1 is 1.41 bits per heavy atom. The monoisotopic (exact) mass is 237 g/mol. The van der Waals surface area contributed by atoms with Gasteiger partial charge in [0.1, 0.15) is 5.82 Å². The third-order valence-corrected chi connectivity index (χ3v) is 3.17. The molecule has 3 nitrogen and oxygen atoms in total. The smallest absolute Gasteiger partial charge is 0.307 e. The van der Waals surface area contributed by atoms with Crippen molar-refractivity contribution >= 4 is 5.97 Å². The molecule has 1 aromatic carbocycles. The third kappa shape index (κ3) is 2.82. The maximum atomic E-state index is 12.9. The van der Waals surface area contributed by atoms with E-state index in [1.165, 1.54) is 19.2 Å². The van der Waals surface area contributed by atoms with Gasteiger partial charge in [-0.1, -0.05) is 12.1 Å². The number of hydrogen-bond donors (Lipinski definition) is 0. The number of esters is 1. The third-order valence-electron chi connectivity index (χ3n) is 3.17. The van der Waals surface area contributed by atoms with Gasteiger partial charge in [0.25, 0.3) is 0 Å². The number of likely N-dealkylation sites (tertiary alicyclic amines) is 1. The lowest BCUT2D eigenvalue weighted by Gasteiger charge is -2.38. The minimum atomic E-state index is -0.255. The lowest BCUT2D eigenvalue weighted by Crippen LogP contribution is -2.41. The highest BCUT2D eigenvalue weighted by Gasteiger charge is 2.27. The molecule has 1 heterocycles. The van der Waals surface area contributed by atoms with Crippen molar-refractivity contribution in [2.75, 3.05) is 20.2 Å².